The summed E-state index contributed by atoms with van der Waals surface area (Å²) in [6.45, 7) is 11.7. The molecule has 0 fully saturated rings. The van der Waals surface area contributed by atoms with E-state index < -0.39 is 0 Å². The molecule has 5 heteroatoms. The van der Waals surface area contributed by atoms with Gasteiger partial charge >= 0.3 is 0 Å². The molecule has 0 saturated heterocycles. The standard InChI is InChI=1S/C16H26ClN3O/c1-6-12(7-2)10-20(8-3)16(21)14-13(17)9-18-15(19-14)11(4)5/h9,11-12H,6-8,10H2,1-5H3. The Morgan fingerprint density at radius 2 is 1.90 bits per heavy atom. The first kappa shape index (κ1) is 17.9. The molecule has 0 spiro atoms. The van der Waals surface area contributed by atoms with Crippen LogP contribution in [0.1, 0.15) is 69.7 Å². The Kier molecular flexibility index (Phi) is 7.09. The van der Waals surface area contributed by atoms with E-state index in [0.717, 1.165) is 19.4 Å². The summed E-state index contributed by atoms with van der Waals surface area (Å²) in [5.74, 6) is 1.24. The minimum atomic E-state index is -0.0984. The SMILES string of the molecule is CCC(CC)CN(CC)C(=O)c1nc(C(C)C)ncc1Cl. The minimum Gasteiger partial charge on any atom is -0.337 e. The number of carbonyl (C=O) groups excluding carboxylic acids is 1. The average molecular weight is 312 g/mol. The van der Waals surface area contributed by atoms with Crippen LogP contribution in [0.25, 0.3) is 0 Å². The predicted molar refractivity (Wildman–Crippen MR) is 86.8 cm³/mol. The van der Waals surface area contributed by atoms with E-state index in [4.69, 9.17) is 11.6 Å². The molecule has 0 N–H and O–H groups in total. The van der Waals surface area contributed by atoms with Crippen molar-refractivity contribution in [1.82, 2.24) is 14.9 Å². The van der Waals surface area contributed by atoms with E-state index in [1.54, 1.807) is 0 Å². The van der Waals surface area contributed by atoms with E-state index in [1.807, 2.05) is 25.7 Å². The summed E-state index contributed by atoms with van der Waals surface area (Å²) < 4.78 is 0. The van der Waals surface area contributed by atoms with Crippen LogP contribution in [0.4, 0.5) is 0 Å². The van der Waals surface area contributed by atoms with Crippen LogP contribution in [0.15, 0.2) is 6.20 Å². The molecule has 0 atom stereocenters. The first-order valence-corrected chi connectivity index (χ1v) is 8.13. The number of halogens is 1. The maximum Gasteiger partial charge on any atom is 0.274 e. The van der Waals surface area contributed by atoms with E-state index in [1.165, 1.54) is 6.20 Å². The number of amides is 1. The summed E-state index contributed by atoms with van der Waals surface area (Å²) in [6, 6.07) is 0. The van der Waals surface area contributed by atoms with Gasteiger partial charge in [0.15, 0.2) is 5.69 Å². The van der Waals surface area contributed by atoms with Crippen molar-refractivity contribution in [1.29, 1.82) is 0 Å². The lowest BCUT2D eigenvalue weighted by molar-refractivity contribution is 0.0728. The van der Waals surface area contributed by atoms with Gasteiger partial charge in [0.25, 0.3) is 5.91 Å². The van der Waals surface area contributed by atoms with Gasteiger partial charge in [-0.1, -0.05) is 52.1 Å². The fourth-order valence-corrected chi connectivity index (χ4v) is 2.34. The zero-order chi connectivity index (χ0) is 16.0. The lowest BCUT2D eigenvalue weighted by Crippen LogP contribution is -2.36. The largest absolute Gasteiger partial charge is 0.337 e. The van der Waals surface area contributed by atoms with E-state index in [2.05, 4.69) is 23.8 Å². The van der Waals surface area contributed by atoms with Gasteiger partial charge in [-0.05, 0) is 12.8 Å². The van der Waals surface area contributed by atoms with Crippen LogP contribution in [0, 0.1) is 5.92 Å². The minimum absolute atomic E-state index is 0.0984. The van der Waals surface area contributed by atoms with Gasteiger partial charge in [-0.2, -0.15) is 0 Å². The molecule has 0 bridgehead atoms. The fraction of sp³-hybridized carbons (Fsp3) is 0.688. The van der Waals surface area contributed by atoms with E-state index in [0.29, 0.717) is 29.0 Å². The van der Waals surface area contributed by atoms with Crippen molar-refractivity contribution in [3.63, 3.8) is 0 Å². The Bertz CT molecular complexity index is 473. The van der Waals surface area contributed by atoms with Crippen molar-refractivity contribution < 1.29 is 4.79 Å². The Morgan fingerprint density at radius 1 is 1.29 bits per heavy atom. The summed E-state index contributed by atoms with van der Waals surface area (Å²) in [5.41, 5.74) is 0.322. The van der Waals surface area contributed by atoms with Gasteiger partial charge in [-0.3, -0.25) is 4.79 Å². The highest BCUT2D eigenvalue weighted by atomic mass is 35.5. The molecule has 1 amide bonds. The van der Waals surface area contributed by atoms with Crippen molar-refractivity contribution >= 4 is 17.5 Å². The zero-order valence-electron chi connectivity index (χ0n) is 13.7. The molecule has 0 aliphatic rings. The molecule has 0 aliphatic carbocycles. The van der Waals surface area contributed by atoms with Gasteiger partial charge in [-0.15, -0.1) is 0 Å². The Labute approximate surface area is 132 Å². The molecular weight excluding hydrogens is 286 g/mol. The molecule has 1 aromatic rings. The van der Waals surface area contributed by atoms with Crippen molar-refractivity contribution in [2.24, 2.45) is 5.92 Å². The highest BCUT2D eigenvalue weighted by Gasteiger charge is 2.22. The second kappa shape index (κ2) is 8.32. The Morgan fingerprint density at radius 3 is 2.38 bits per heavy atom. The number of nitrogens with zero attached hydrogens (tertiary/aromatic N) is 3. The highest BCUT2D eigenvalue weighted by molar-refractivity contribution is 6.33. The van der Waals surface area contributed by atoms with Crippen LogP contribution < -0.4 is 0 Å². The molecule has 4 nitrogen and oxygen atoms in total. The van der Waals surface area contributed by atoms with Gasteiger partial charge in [0, 0.05) is 19.0 Å². The van der Waals surface area contributed by atoms with Crippen LogP contribution >= 0.6 is 11.6 Å². The normalized spacial score (nSPS) is 11.2. The van der Waals surface area contributed by atoms with Crippen LogP contribution in [0.5, 0.6) is 0 Å². The topological polar surface area (TPSA) is 46.1 Å². The molecule has 0 saturated carbocycles. The molecule has 118 valence electrons. The molecule has 1 rings (SSSR count). The van der Waals surface area contributed by atoms with Gasteiger partial charge in [0.2, 0.25) is 0 Å². The van der Waals surface area contributed by atoms with Gasteiger partial charge < -0.3 is 4.90 Å². The number of carbonyl (C=O) groups is 1. The second-order valence-electron chi connectivity index (χ2n) is 5.61. The third kappa shape index (κ3) is 4.67. The predicted octanol–water partition coefficient (Wildman–Crippen LogP) is 4.15. The molecule has 21 heavy (non-hydrogen) atoms. The maximum absolute atomic E-state index is 12.7. The molecule has 0 aromatic carbocycles. The van der Waals surface area contributed by atoms with E-state index >= 15 is 0 Å². The van der Waals surface area contributed by atoms with Crippen molar-refractivity contribution in [2.75, 3.05) is 13.1 Å². The van der Waals surface area contributed by atoms with E-state index in [-0.39, 0.29) is 11.8 Å². The number of hydrogen-bond donors (Lipinski definition) is 0. The summed E-state index contributed by atoms with van der Waals surface area (Å²) in [7, 11) is 0. The fourth-order valence-electron chi connectivity index (χ4n) is 2.17. The van der Waals surface area contributed by atoms with Gasteiger partial charge in [0.05, 0.1) is 11.2 Å². The van der Waals surface area contributed by atoms with Crippen LogP contribution in [-0.2, 0) is 0 Å². The van der Waals surface area contributed by atoms with Crippen molar-refractivity contribution in [2.45, 2.75) is 53.4 Å². The molecule has 1 aromatic heterocycles. The highest BCUT2D eigenvalue weighted by Crippen LogP contribution is 2.19. The molecule has 1 heterocycles. The summed E-state index contributed by atoms with van der Waals surface area (Å²) >= 11 is 6.13. The van der Waals surface area contributed by atoms with Gasteiger partial charge in [-0.25, -0.2) is 9.97 Å². The van der Waals surface area contributed by atoms with Gasteiger partial charge in [0.1, 0.15) is 5.82 Å². The zero-order valence-corrected chi connectivity index (χ0v) is 14.4. The summed E-state index contributed by atoms with van der Waals surface area (Å²) in [4.78, 5) is 23.1. The van der Waals surface area contributed by atoms with Crippen LogP contribution in [-0.4, -0.2) is 33.9 Å². The van der Waals surface area contributed by atoms with Crippen molar-refractivity contribution in [3.05, 3.63) is 22.7 Å². The summed E-state index contributed by atoms with van der Waals surface area (Å²) in [5, 5.41) is 0.326. The lowest BCUT2D eigenvalue weighted by atomic mass is 10.0. The number of aromatic nitrogens is 2. The third-order valence-electron chi connectivity index (χ3n) is 3.78. The molecule has 0 aliphatic heterocycles. The Hall–Kier alpha value is -1.16. The summed E-state index contributed by atoms with van der Waals surface area (Å²) in [6.07, 6.45) is 3.66. The second-order valence-corrected chi connectivity index (χ2v) is 6.01. The third-order valence-corrected chi connectivity index (χ3v) is 4.06. The quantitative estimate of drug-likeness (QED) is 0.760. The average Bonchev–Trinajstić information content (AvgIpc) is 2.48. The van der Waals surface area contributed by atoms with E-state index in [9.17, 15) is 4.79 Å². The lowest BCUT2D eigenvalue weighted by Gasteiger charge is -2.25. The molecule has 0 radical (unpaired) electrons. The number of hydrogen-bond acceptors (Lipinski definition) is 3. The number of rotatable bonds is 7. The van der Waals surface area contributed by atoms with Crippen LogP contribution in [0.2, 0.25) is 5.02 Å². The molecular formula is C16H26ClN3O. The first-order chi connectivity index (χ1) is 9.94. The smallest absolute Gasteiger partial charge is 0.274 e. The van der Waals surface area contributed by atoms with Crippen molar-refractivity contribution in [3.8, 4) is 0 Å². The first-order valence-electron chi connectivity index (χ1n) is 7.76. The molecule has 0 unspecified atom stereocenters. The monoisotopic (exact) mass is 311 g/mol. The Balaban J connectivity index is 3.01. The maximum atomic E-state index is 12.7. The van der Waals surface area contributed by atoms with Crippen LogP contribution in [0.3, 0.4) is 0 Å².